The van der Waals surface area contributed by atoms with E-state index in [9.17, 15) is 39.5 Å². The maximum Gasteiger partial charge on any atom is 0.266 e. The van der Waals surface area contributed by atoms with Crippen LogP contribution in [0.25, 0.3) is 60.6 Å². The molecule has 12 rings (SSSR count). The minimum absolute atomic E-state index is 0.0147. The van der Waals surface area contributed by atoms with Crippen molar-refractivity contribution in [3.05, 3.63) is 425 Å². The fourth-order valence-electron chi connectivity index (χ4n) is 11.3. The molecule has 0 spiro atoms. The maximum absolute atomic E-state index is 14.3. The largest absolute Gasteiger partial charge is 0.499 e. The predicted octanol–water partition coefficient (Wildman–Crippen LogP) is 34.8. The van der Waals surface area contributed by atoms with Crippen LogP contribution in [0, 0.1) is 240 Å². The van der Waals surface area contributed by atoms with Gasteiger partial charge in [-0.25, -0.2) is 78.3 Å². The van der Waals surface area contributed by atoms with Gasteiger partial charge in [0.2, 0.25) is 22.7 Å². The van der Waals surface area contributed by atoms with Gasteiger partial charge in [-0.3, -0.25) is 0 Å². The summed E-state index contributed by atoms with van der Waals surface area (Å²) in [4.78, 5) is 24.5. The first-order valence-electron chi connectivity index (χ1n) is 39.3. The third-order valence-corrected chi connectivity index (χ3v) is 22.5. The molecule has 0 fully saturated rings. The monoisotopic (exact) mass is 2130 g/mol. The van der Waals surface area contributed by atoms with Gasteiger partial charge in [0, 0.05) is 33.3 Å². The third-order valence-electron chi connectivity index (χ3n) is 19.1. The van der Waals surface area contributed by atoms with Crippen LogP contribution in [-0.4, -0.2) is 31.0 Å². The molecule has 1 heterocycles. The zero-order valence-corrected chi connectivity index (χ0v) is 83.9. The molecule has 1 aromatic heterocycles. The van der Waals surface area contributed by atoms with Crippen LogP contribution in [0.1, 0.15) is 97.3 Å². The minimum Gasteiger partial charge on any atom is -0.499 e. The first-order chi connectivity index (χ1) is 67.2. The highest BCUT2D eigenvalue weighted by molar-refractivity contribution is 9.10. The van der Waals surface area contributed by atoms with Crippen LogP contribution < -0.4 is 18.9 Å². The SMILES string of the molecule is Cc1c(C)c(C)c(C#N)c(F)c1C.Cn1c2ccccc2c2ccccc21.[C-]#[N+]c1c(C)c(C)c(C)c(C#N)c1F.[C-]#[N+]c1c(Cl)c(Cl)c(F)c(C#N)c1Cl.[C-]#[N+]c1c(F)c(C#N)c(OCC(=C)C)c(Cl)c1OCC(=C)C.[C-]#[N+]c1c(F)c(C#N)c(OCC=C)c(Cl)c1OCC=C.[C-]#[N+]c1cc(C)c(F)cc1Br.[C-]#[N+]c1cc(Cl)c(F)c(Cl)c1.[C-]#[N+]c1ccc(F)c(C#N)c1.[C-]#[N+]c1ccc(F)c(C#N)c1Cl. The fraction of sp³-hybridized carbons (Fsp3) is 0.144. The zero-order chi connectivity index (χ0) is 108. The molecule has 0 saturated carbocycles. The molecule has 714 valence electrons. The molecule has 0 radical (unpaired) electrons. The summed E-state index contributed by atoms with van der Waals surface area (Å²) in [5.41, 5.74) is 8.14. The molecule has 0 aliphatic heterocycles. The van der Waals surface area contributed by atoms with Gasteiger partial charge in [0.15, 0.2) is 57.6 Å². The number of hydrogen-bond donors (Lipinski definition) is 0. The standard InChI is InChI=1S/C16H14ClFN2O2.C14H10ClFN2O2.C13H11N.C11H9FN2.C11H12FN.C8H5BrFN.C8Cl3FN2.C8H2ClFN2.C8H3FN2.C7H2Cl2FN/c1-9(2)7-21-15-11(6-19)13(18)14(20-5)16(12(15)17)22-8-10(3)4;1-4-6-19-13-9(8-17)11(16)12(18-3)14(10(13)15)20-7-5-2;1-14-12-8-4-2-6-10(12)11-7-3-5-9-13(11)14;1-6-7(2)9(5-13)10(12)11(14-4)8(6)3;1-6-7(2)9(4)11(12)10(5-13)8(6)3;1-5-3-8(11-2)6(9)4-7(5)10;1-14-8-4(9)3(2-13)7(12)5(10)6(8)11;1-12-7-3-2-6(10)5(4-11)8(7)9;1-11-7-2-3-8(9)6(4-7)5-10;1-11-4-2-5(8)7(10)6(9)3-4/h1,3,7-8H2,2,4H3;4-5H,1-2,6-7H2;2-9H,1H3;1-3H3;1-4H3;3-4H,1H3;;2-3H;2-4H;2-3H. The lowest BCUT2D eigenvalue weighted by Crippen LogP contribution is -2.05. The van der Waals surface area contributed by atoms with Crippen LogP contribution in [0.5, 0.6) is 23.0 Å². The Balaban J connectivity index is 0.000000409. The van der Waals surface area contributed by atoms with Crippen molar-refractivity contribution >= 4 is 176 Å². The Labute approximate surface area is 862 Å². The lowest BCUT2D eigenvalue weighted by molar-refractivity contribution is 0.332. The van der Waals surface area contributed by atoms with E-state index in [1.807, 2.05) is 19.9 Å². The number of hydrogen-bond acceptors (Lipinski definition) is 11. The number of ether oxygens (including phenoxy) is 4. The molecular weight excluding hydrogens is 2070 g/mol. The van der Waals surface area contributed by atoms with Crippen molar-refractivity contribution in [2.45, 2.75) is 69.2 Å². The van der Waals surface area contributed by atoms with Crippen LogP contribution in [0.2, 0.25) is 40.2 Å². The van der Waals surface area contributed by atoms with E-state index in [0.717, 1.165) is 34.4 Å². The highest BCUT2D eigenvalue weighted by atomic mass is 79.9. The van der Waals surface area contributed by atoms with Crippen molar-refractivity contribution in [2.24, 2.45) is 7.05 Å². The second-order valence-corrected chi connectivity index (χ2v) is 32.2. The Morgan fingerprint density at radius 1 is 0.366 bits per heavy atom. The highest BCUT2D eigenvalue weighted by Gasteiger charge is 2.29. The van der Waals surface area contributed by atoms with Gasteiger partial charge in [-0.15, -0.1) is 0 Å². The smallest absolute Gasteiger partial charge is 0.266 e. The van der Waals surface area contributed by atoms with Gasteiger partial charge in [-0.05, 0) is 174 Å². The van der Waals surface area contributed by atoms with Crippen LogP contribution in [-0.2, 0) is 7.05 Å². The summed E-state index contributed by atoms with van der Waals surface area (Å²) in [6, 6.07) is 40.0. The molecule has 38 heteroatoms. The van der Waals surface area contributed by atoms with Crippen LogP contribution in [0.3, 0.4) is 0 Å². The molecular formula is C104H68BrCl8F9N16O4. The number of fused-ring (bicyclic) bond motifs is 3. The molecule has 0 atom stereocenters. The van der Waals surface area contributed by atoms with Gasteiger partial charge in [0.25, 0.3) is 11.4 Å². The molecule has 0 aliphatic rings. The number of halogens is 18. The third kappa shape index (κ3) is 30.5. The van der Waals surface area contributed by atoms with E-state index in [1.54, 1.807) is 85.7 Å². The number of para-hydroxylation sites is 2. The summed E-state index contributed by atoms with van der Waals surface area (Å²) in [7, 11) is 2.12. The van der Waals surface area contributed by atoms with Crippen molar-refractivity contribution in [3.63, 3.8) is 0 Å². The first kappa shape index (κ1) is 120. The molecule has 12 aromatic rings. The summed E-state index contributed by atoms with van der Waals surface area (Å²) in [5.74, 6) is -7.01. The molecule has 0 saturated heterocycles. The number of benzene rings is 11. The molecule has 20 nitrogen and oxygen atoms in total. The van der Waals surface area contributed by atoms with Crippen molar-refractivity contribution in [2.75, 3.05) is 26.4 Å². The summed E-state index contributed by atoms with van der Waals surface area (Å²) in [5, 5.41) is 62.0. The van der Waals surface area contributed by atoms with E-state index in [2.05, 4.69) is 141 Å². The van der Waals surface area contributed by atoms with Crippen molar-refractivity contribution < 1.29 is 58.5 Å². The van der Waals surface area contributed by atoms with E-state index < -0.39 is 73.8 Å². The average Bonchev–Trinajstić information content (AvgIpc) is 1.68. The lowest BCUT2D eigenvalue weighted by atomic mass is 9.94. The molecule has 0 amide bonds. The number of nitrogens with zero attached hydrogens (tertiary/aromatic N) is 16. The Bertz CT molecular complexity index is 7310. The molecule has 11 aromatic carbocycles. The molecule has 0 unspecified atom stereocenters. The van der Waals surface area contributed by atoms with Crippen molar-refractivity contribution in [3.8, 4) is 65.5 Å². The summed E-state index contributed by atoms with van der Waals surface area (Å²) in [6.45, 7) is 86.1. The van der Waals surface area contributed by atoms with Crippen molar-refractivity contribution in [1.82, 2.24) is 4.57 Å². The highest BCUT2D eigenvalue weighted by Crippen LogP contribution is 2.50. The quantitative estimate of drug-likeness (QED) is 0.0366. The first-order valence-corrected chi connectivity index (χ1v) is 43.1. The topological polar surface area (TPSA) is 243 Å². The lowest BCUT2D eigenvalue weighted by Gasteiger charge is -2.16. The predicted molar refractivity (Wildman–Crippen MR) is 539 cm³/mol. The van der Waals surface area contributed by atoms with Gasteiger partial charge >= 0.3 is 0 Å². The van der Waals surface area contributed by atoms with E-state index in [-0.39, 0.29) is 147 Å². The van der Waals surface area contributed by atoms with Crippen LogP contribution in [0.4, 0.5) is 85.0 Å². The normalized spacial score (nSPS) is 9.42. The molecule has 142 heavy (non-hydrogen) atoms. The molecule has 0 bridgehead atoms. The second-order valence-electron chi connectivity index (χ2n) is 28.3. The van der Waals surface area contributed by atoms with E-state index in [1.165, 1.54) is 82.5 Å². The number of aryl methyl sites for hydroxylation is 2. The van der Waals surface area contributed by atoms with E-state index in [4.69, 9.17) is 201 Å². The van der Waals surface area contributed by atoms with Crippen LogP contribution >= 0.6 is 109 Å². The fourth-order valence-corrected chi connectivity index (χ4v) is 13.7. The van der Waals surface area contributed by atoms with Crippen LogP contribution in [0.15, 0.2) is 157 Å². The summed E-state index contributed by atoms with van der Waals surface area (Å²) in [6.07, 6.45) is 2.84. The Kier molecular flexibility index (Phi) is 49.0. The van der Waals surface area contributed by atoms with E-state index in [0.29, 0.717) is 43.6 Å². The molecule has 0 aliphatic carbocycles. The molecule has 0 N–H and O–H groups in total. The van der Waals surface area contributed by atoms with Gasteiger partial charge in [0.05, 0.1) is 111 Å². The van der Waals surface area contributed by atoms with E-state index >= 15 is 0 Å². The van der Waals surface area contributed by atoms with Gasteiger partial charge in [0.1, 0.15) is 119 Å². The minimum atomic E-state index is -1.02. The zero-order valence-electron chi connectivity index (χ0n) is 76.2. The Morgan fingerprint density at radius 2 is 0.768 bits per heavy atom. The van der Waals surface area contributed by atoms with Crippen molar-refractivity contribution in [1.29, 1.82) is 36.8 Å². The summed E-state index contributed by atoms with van der Waals surface area (Å²) < 4.78 is 143. The average molecular weight is 2140 g/mol. The Hall–Kier alpha value is -16.1. The number of rotatable bonds is 12. The maximum atomic E-state index is 14.3. The van der Waals surface area contributed by atoms with Gasteiger partial charge in [-0.1, -0.05) is 201 Å². The summed E-state index contributed by atoms with van der Waals surface area (Å²) >= 11 is 48.2. The van der Waals surface area contributed by atoms with Gasteiger partial charge < -0.3 is 23.5 Å². The second kappa shape index (κ2) is 57.9. The van der Waals surface area contributed by atoms with Gasteiger partial charge in [-0.2, -0.15) is 36.8 Å². The number of nitriles is 7. The number of aromatic nitrogens is 1. The Morgan fingerprint density at radius 3 is 1.19 bits per heavy atom.